The Morgan fingerprint density at radius 1 is 1.27 bits per heavy atom. The number of carbonyl (C=O) groups is 1. The van der Waals surface area contributed by atoms with Crippen LogP contribution >= 0.6 is 0 Å². The first-order valence-corrected chi connectivity index (χ1v) is 8.03. The van der Waals surface area contributed by atoms with Gasteiger partial charge in [-0.3, -0.25) is 14.9 Å². The molecule has 2 N–H and O–H groups in total. The lowest BCUT2D eigenvalue weighted by Gasteiger charge is -2.21. The smallest absolute Gasteiger partial charge is 0.209 e. The van der Waals surface area contributed by atoms with E-state index in [0.717, 1.165) is 26.5 Å². The van der Waals surface area contributed by atoms with Gasteiger partial charge in [0.05, 0.1) is 6.07 Å². The molecule has 0 aromatic rings. The average Bonchev–Trinajstić information content (AvgIpc) is 2.62. The number of aliphatic hydroxyl groups is 2. The number of hydrogen-bond acceptors (Lipinski definition) is 6. The largest absolute Gasteiger partial charge is 0.504 e. The van der Waals surface area contributed by atoms with Gasteiger partial charge in [-0.25, -0.2) is 0 Å². The maximum atomic E-state index is 10.1. The molecule has 0 saturated carbocycles. The molecule has 1 aliphatic rings. The number of aliphatic hydroxyl groups excluding tert-OH is 2. The van der Waals surface area contributed by atoms with E-state index in [0.29, 0.717) is 12.0 Å². The standard InChI is InChI=1S/C11H13NO2.C6H11NO.CH3NO2/c1-3-5-10(13)11(14)7-4-6-9(2)8-12;8-6-7-4-2-1-3-5-7;1-2(3)4/h3,5-7,13-14H,1,4H2,2H3;6H,1-5H2;1H3/b9-6+,10-5+,11-7+;;. The van der Waals surface area contributed by atoms with Crippen LogP contribution < -0.4 is 0 Å². The fraction of sp³-hybridized carbons (Fsp3) is 0.444. The molecular weight excluding hydrogens is 338 g/mol. The topological polar surface area (TPSA) is 128 Å². The van der Waals surface area contributed by atoms with Gasteiger partial charge in [0, 0.05) is 23.6 Å². The Morgan fingerprint density at radius 2 is 1.81 bits per heavy atom. The Morgan fingerprint density at radius 3 is 2.19 bits per heavy atom. The van der Waals surface area contributed by atoms with Crippen LogP contribution in [0.1, 0.15) is 32.6 Å². The highest BCUT2D eigenvalue weighted by Crippen LogP contribution is 2.05. The van der Waals surface area contributed by atoms with E-state index in [4.69, 9.17) is 20.5 Å². The SMILES string of the molecule is C=C/C=C(O)\C(O)=C/C/C=C(\C)C#N.C[N+](=O)[O-].O=CN1CCCCC1. The number of carbonyl (C=O) groups excluding carboxylic acids is 1. The Hall–Kier alpha value is -3.08. The van der Waals surface area contributed by atoms with Crippen LogP contribution in [0.3, 0.4) is 0 Å². The summed E-state index contributed by atoms with van der Waals surface area (Å²) < 4.78 is 0. The maximum Gasteiger partial charge on any atom is 0.209 e. The first kappa shape index (κ1) is 25.2. The molecular formula is C18H27N3O5. The third-order valence-corrected chi connectivity index (χ3v) is 2.99. The van der Waals surface area contributed by atoms with Gasteiger partial charge in [-0.1, -0.05) is 18.7 Å². The second-order valence-electron chi connectivity index (χ2n) is 5.25. The maximum absolute atomic E-state index is 10.1. The molecule has 0 atom stereocenters. The van der Waals surface area contributed by atoms with Crippen LogP contribution in [0.2, 0.25) is 0 Å². The quantitative estimate of drug-likeness (QED) is 0.192. The van der Waals surface area contributed by atoms with Gasteiger partial charge in [-0.05, 0) is 44.8 Å². The third-order valence-electron chi connectivity index (χ3n) is 2.99. The summed E-state index contributed by atoms with van der Waals surface area (Å²) in [5.74, 6) is -0.449. The molecule has 0 aromatic heterocycles. The molecule has 0 spiro atoms. The molecule has 0 bridgehead atoms. The van der Waals surface area contributed by atoms with E-state index in [1.807, 2.05) is 11.0 Å². The number of nitro groups is 1. The number of amides is 1. The van der Waals surface area contributed by atoms with Crippen molar-refractivity contribution >= 4 is 6.41 Å². The number of rotatable bonds is 5. The van der Waals surface area contributed by atoms with E-state index in [9.17, 15) is 9.90 Å². The van der Waals surface area contributed by atoms with Crippen LogP contribution in [0, 0.1) is 21.4 Å². The molecule has 0 aliphatic carbocycles. The number of allylic oxidation sites excluding steroid dienone is 5. The predicted octanol–water partition coefficient (Wildman–Crippen LogP) is 3.44. The summed E-state index contributed by atoms with van der Waals surface area (Å²) in [6, 6.07) is 1.95. The molecule has 144 valence electrons. The minimum Gasteiger partial charge on any atom is -0.504 e. The molecule has 8 heteroatoms. The molecule has 26 heavy (non-hydrogen) atoms. The lowest BCUT2D eigenvalue weighted by Crippen LogP contribution is -2.27. The van der Waals surface area contributed by atoms with Crippen molar-refractivity contribution in [3.05, 3.63) is 58.1 Å². The Balaban J connectivity index is 0. The van der Waals surface area contributed by atoms with E-state index in [1.165, 1.54) is 37.5 Å². The number of piperidine rings is 1. The summed E-state index contributed by atoms with van der Waals surface area (Å²) in [7, 11) is 0.889. The molecule has 0 aromatic carbocycles. The highest BCUT2D eigenvalue weighted by Gasteiger charge is 2.05. The van der Waals surface area contributed by atoms with Crippen LogP contribution in [0.5, 0.6) is 0 Å². The van der Waals surface area contributed by atoms with Crippen LogP contribution in [0.4, 0.5) is 0 Å². The predicted molar refractivity (Wildman–Crippen MR) is 100 cm³/mol. The van der Waals surface area contributed by atoms with E-state index in [2.05, 4.69) is 6.58 Å². The molecule has 1 heterocycles. The summed E-state index contributed by atoms with van der Waals surface area (Å²) in [5.41, 5.74) is 0.571. The van der Waals surface area contributed by atoms with Crippen molar-refractivity contribution in [2.45, 2.75) is 32.6 Å². The van der Waals surface area contributed by atoms with Gasteiger partial charge < -0.3 is 15.1 Å². The minimum absolute atomic E-state index is 0.216. The summed E-state index contributed by atoms with van der Waals surface area (Å²) >= 11 is 0. The molecule has 1 fully saturated rings. The highest BCUT2D eigenvalue weighted by molar-refractivity contribution is 5.46. The summed E-state index contributed by atoms with van der Waals surface area (Å²) in [6.45, 7) is 7.00. The molecule has 1 aliphatic heterocycles. The van der Waals surface area contributed by atoms with E-state index in [1.54, 1.807) is 13.0 Å². The zero-order valence-corrected chi connectivity index (χ0v) is 15.3. The van der Waals surface area contributed by atoms with Crippen LogP contribution in [0.25, 0.3) is 0 Å². The van der Waals surface area contributed by atoms with E-state index < -0.39 is 4.92 Å². The summed E-state index contributed by atoms with van der Waals surface area (Å²) in [4.78, 5) is 20.2. The van der Waals surface area contributed by atoms with Gasteiger partial charge in [-0.15, -0.1) is 0 Å². The third kappa shape index (κ3) is 17.3. The summed E-state index contributed by atoms with van der Waals surface area (Å²) in [5, 5.41) is 35.6. The van der Waals surface area contributed by atoms with Crippen LogP contribution in [-0.4, -0.2) is 46.6 Å². The van der Waals surface area contributed by atoms with Crippen molar-refractivity contribution in [3.63, 3.8) is 0 Å². The van der Waals surface area contributed by atoms with E-state index >= 15 is 0 Å². The highest BCUT2D eigenvalue weighted by atomic mass is 16.6. The number of nitriles is 1. The number of likely N-dealkylation sites (tertiary alicyclic amines) is 1. The van der Waals surface area contributed by atoms with Crippen molar-refractivity contribution < 1.29 is 19.9 Å². The van der Waals surface area contributed by atoms with E-state index in [-0.39, 0.29) is 11.5 Å². The number of nitrogens with zero attached hydrogens (tertiary/aromatic N) is 3. The first-order chi connectivity index (χ1) is 12.3. The average molecular weight is 365 g/mol. The van der Waals surface area contributed by atoms with Crippen molar-refractivity contribution in [1.82, 2.24) is 4.90 Å². The van der Waals surface area contributed by atoms with Crippen molar-refractivity contribution in [2.75, 3.05) is 20.1 Å². The zero-order valence-electron chi connectivity index (χ0n) is 15.3. The minimum atomic E-state index is -0.500. The van der Waals surface area contributed by atoms with Crippen molar-refractivity contribution in [2.24, 2.45) is 0 Å². The molecule has 1 rings (SSSR count). The Kier molecular flexibility index (Phi) is 16.2. The Labute approximate surface area is 154 Å². The second kappa shape index (κ2) is 16.8. The van der Waals surface area contributed by atoms with Crippen molar-refractivity contribution in [1.29, 1.82) is 5.26 Å². The second-order valence-corrected chi connectivity index (χ2v) is 5.25. The van der Waals surface area contributed by atoms with Gasteiger partial charge in [0.1, 0.15) is 0 Å². The Bertz CT molecular complexity index is 564. The lowest BCUT2D eigenvalue weighted by atomic mass is 10.1. The van der Waals surface area contributed by atoms with Gasteiger partial charge >= 0.3 is 0 Å². The van der Waals surface area contributed by atoms with Gasteiger partial charge in [-0.2, -0.15) is 5.26 Å². The monoisotopic (exact) mass is 365 g/mol. The van der Waals surface area contributed by atoms with Crippen molar-refractivity contribution in [3.8, 4) is 6.07 Å². The molecule has 0 unspecified atom stereocenters. The molecule has 1 saturated heterocycles. The molecule has 0 radical (unpaired) electrons. The summed E-state index contributed by atoms with van der Waals surface area (Å²) in [6.07, 6.45) is 10.7. The molecule has 1 amide bonds. The lowest BCUT2D eigenvalue weighted by molar-refractivity contribution is -0.445. The fourth-order valence-electron chi connectivity index (χ4n) is 1.72. The van der Waals surface area contributed by atoms with Gasteiger partial charge in [0.15, 0.2) is 18.6 Å². The van der Waals surface area contributed by atoms with Gasteiger partial charge in [0.2, 0.25) is 6.41 Å². The fourth-order valence-corrected chi connectivity index (χ4v) is 1.72. The first-order valence-electron chi connectivity index (χ1n) is 8.03. The molecule has 8 nitrogen and oxygen atoms in total. The van der Waals surface area contributed by atoms with Gasteiger partial charge in [0.25, 0.3) is 0 Å². The number of hydrogen-bond donors (Lipinski definition) is 2. The van der Waals surface area contributed by atoms with Crippen LogP contribution in [-0.2, 0) is 4.79 Å². The normalized spacial score (nSPS) is 14.7. The van der Waals surface area contributed by atoms with Crippen LogP contribution in [0.15, 0.2) is 48.0 Å². The zero-order chi connectivity index (χ0) is 20.4.